The average molecular weight is 197 g/mol. The fourth-order valence-electron chi connectivity index (χ4n) is 2.67. The Bertz CT molecular complexity index is 231. The molecule has 1 saturated carbocycles. The average Bonchev–Trinajstić information content (AvgIpc) is 2.59. The number of aliphatic hydroxyl groups excluding tert-OH is 1. The summed E-state index contributed by atoms with van der Waals surface area (Å²) >= 11 is 0. The van der Waals surface area contributed by atoms with Crippen LogP contribution in [-0.4, -0.2) is 42.1 Å². The van der Waals surface area contributed by atoms with Crippen molar-refractivity contribution in [1.29, 1.82) is 0 Å². The summed E-state index contributed by atoms with van der Waals surface area (Å²) in [5.41, 5.74) is 5.47. The molecule has 1 aliphatic carbocycles. The van der Waals surface area contributed by atoms with Crippen molar-refractivity contribution >= 4 is 6.21 Å². The first-order valence-corrected chi connectivity index (χ1v) is 5.37. The molecule has 4 atom stereocenters. The number of aliphatic hydroxyl groups is 1. The summed E-state index contributed by atoms with van der Waals surface area (Å²) in [5, 5.41) is 16.0. The molecule has 3 N–H and O–H groups in total. The van der Waals surface area contributed by atoms with Gasteiger partial charge in [-0.2, -0.15) is 5.10 Å². The number of nitrogens with zero attached hydrogens (tertiary/aromatic N) is 2. The minimum absolute atomic E-state index is 0.324. The molecular weight excluding hydrogens is 178 g/mol. The zero-order chi connectivity index (χ0) is 10.1. The molecule has 2 rings (SSSR count). The van der Waals surface area contributed by atoms with Crippen LogP contribution in [0.4, 0.5) is 0 Å². The van der Waals surface area contributed by atoms with Crippen molar-refractivity contribution in [2.45, 2.75) is 31.4 Å². The first-order chi connectivity index (χ1) is 6.72. The number of nitrogens with two attached hydrogens (primary N) is 1. The highest BCUT2D eigenvalue weighted by atomic mass is 16.3. The molecule has 2 aliphatic rings. The van der Waals surface area contributed by atoms with E-state index in [4.69, 9.17) is 5.73 Å². The third-order valence-corrected chi connectivity index (χ3v) is 3.61. The Hall–Kier alpha value is -0.610. The molecule has 1 fully saturated rings. The highest BCUT2D eigenvalue weighted by molar-refractivity contribution is 5.63. The Balaban J connectivity index is 1.95. The van der Waals surface area contributed by atoms with Crippen LogP contribution in [-0.2, 0) is 0 Å². The van der Waals surface area contributed by atoms with E-state index in [1.807, 2.05) is 13.3 Å². The van der Waals surface area contributed by atoms with E-state index in [1.54, 1.807) is 0 Å². The molecule has 4 unspecified atom stereocenters. The maximum Gasteiger partial charge on any atom is 0.0690 e. The van der Waals surface area contributed by atoms with Crippen LogP contribution in [0.5, 0.6) is 0 Å². The smallest absolute Gasteiger partial charge is 0.0690 e. The molecule has 0 spiro atoms. The number of fused-ring (bicyclic) bond motifs is 1. The van der Waals surface area contributed by atoms with E-state index < -0.39 is 0 Å². The zero-order valence-corrected chi connectivity index (χ0v) is 8.63. The van der Waals surface area contributed by atoms with Crippen molar-refractivity contribution in [3.63, 3.8) is 0 Å². The van der Waals surface area contributed by atoms with Crippen LogP contribution in [0.3, 0.4) is 0 Å². The Morgan fingerprint density at radius 2 is 2.43 bits per heavy atom. The van der Waals surface area contributed by atoms with Gasteiger partial charge in [0.15, 0.2) is 0 Å². The van der Waals surface area contributed by atoms with Gasteiger partial charge in [-0.15, -0.1) is 0 Å². The Labute approximate surface area is 84.8 Å². The summed E-state index contributed by atoms with van der Waals surface area (Å²) in [6.45, 7) is 0.384. The van der Waals surface area contributed by atoms with Crippen molar-refractivity contribution in [2.24, 2.45) is 22.7 Å². The lowest BCUT2D eigenvalue weighted by molar-refractivity contribution is 0.0624. The van der Waals surface area contributed by atoms with Gasteiger partial charge in [0.2, 0.25) is 0 Å². The maximum absolute atomic E-state index is 9.69. The molecule has 0 amide bonds. The summed E-state index contributed by atoms with van der Waals surface area (Å²) in [6, 6.07) is 0.566. The van der Waals surface area contributed by atoms with Crippen LogP contribution in [0.1, 0.15) is 19.3 Å². The molecule has 0 bridgehead atoms. The molecule has 14 heavy (non-hydrogen) atoms. The summed E-state index contributed by atoms with van der Waals surface area (Å²) in [4.78, 5) is 0. The highest BCUT2D eigenvalue weighted by Crippen LogP contribution is 2.35. The predicted molar refractivity (Wildman–Crippen MR) is 55.9 cm³/mol. The van der Waals surface area contributed by atoms with Gasteiger partial charge >= 0.3 is 0 Å². The largest absolute Gasteiger partial charge is 0.392 e. The lowest BCUT2D eigenvalue weighted by Gasteiger charge is -2.35. The molecule has 0 aromatic heterocycles. The summed E-state index contributed by atoms with van der Waals surface area (Å²) in [6.07, 6.45) is 4.95. The molecule has 0 saturated heterocycles. The monoisotopic (exact) mass is 197 g/mol. The standard InChI is InChI=1S/C10H19N3O/c1-13-9-3-2-7(10(14)5-11)4-8(9)6-12-13/h6-10,14H,2-5,11H2,1H3. The second kappa shape index (κ2) is 3.87. The zero-order valence-electron chi connectivity index (χ0n) is 8.63. The van der Waals surface area contributed by atoms with Crippen molar-refractivity contribution in [3.8, 4) is 0 Å². The topological polar surface area (TPSA) is 61.8 Å². The van der Waals surface area contributed by atoms with Gasteiger partial charge in [-0.25, -0.2) is 0 Å². The molecular formula is C10H19N3O. The van der Waals surface area contributed by atoms with E-state index in [0.29, 0.717) is 24.4 Å². The minimum Gasteiger partial charge on any atom is -0.392 e. The maximum atomic E-state index is 9.69. The fraction of sp³-hybridized carbons (Fsp3) is 0.900. The summed E-state index contributed by atoms with van der Waals surface area (Å²) in [7, 11) is 2.03. The lowest BCUT2D eigenvalue weighted by Crippen LogP contribution is -2.40. The molecule has 1 aliphatic heterocycles. The first kappa shape index (κ1) is 9.93. The molecule has 4 heteroatoms. The molecule has 4 nitrogen and oxygen atoms in total. The van der Waals surface area contributed by atoms with Crippen LogP contribution >= 0.6 is 0 Å². The second-order valence-corrected chi connectivity index (χ2v) is 4.45. The minimum atomic E-state index is -0.324. The summed E-state index contributed by atoms with van der Waals surface area (Å²) < 4.78 is 0. The van der Waals surface area contributed by atoms with E-state index in [1.165, 1.54) is 0 Å². The molecule has 0 aromatic rings. The van der Waals surface area contributed by atoms with Crippen LogP contribution in [0.2, 0.25) is 0 Å². The van der Waals surface area contributed by atoms with Gasteiger partial charge in [0.05, 0.1) is 12.1 Å². The van der Waals surface area contributed by atoms with Gasteiger partial charge in [0.25, 0.3) is 0 Å². The van der Waals surface area contributed by atoms with Gasteiger partial charge < -0.3 is 10.8 Å². The van der Waals surface area contributed by atoms with Crippen molar-refractivity contribution in [1.82, 2.24) is 5.01 Å². The van der Waals surface area contributed by atoms with Crippen LogP contribution in [0, 0.1) is 11.8 Å². The van der Waals surface area contributed by atoms with Gasteiger partial charge in [-0.05, 0) is 25.2 Å². The van der Waals surface area contributed by atoms with Gasteiger partial charge in [0, 0.05) is 25.7 Å². The third kappa shape index (κ3) is 1.64. The highest BCUT2D eigenvalue weighted by Gasteiger charge is 2.36. The first-order valence-electron chi connectivity index (χ1n) is 5.37. The van der Waals surface area contributed by atoms with Crippen LogP contribution < -0.4 is 5.73 Å². The van der Waals surface area contributed by atoms with Crippen molar-refractivity contribution in [2.75, 3.05) is 13.6 Å². The quantitative estimate of drug-likeness (QED) is 0.656. The van der Waals surface area contributed by atoms with Crippen LogP contribution in [0.25, 0.3) is 0 Å². The van der Waals surface area contributed by atoms with Gasteiger partial charge in [-0.3, -0.25) is 5.01 Å². The fourth-order valence-corrected chi connectivity index (χ4v) is 2.67. The lowest BCUT2D eigenvalue weighted by atomic mass is 9.76. The summed E-state index contributed by atoms with van der Waals surface area (Å²) in [5.74, 6) is 0.902. The van der Waals surface area contributed by atoms with E-state index >= 15 is 0 Å². The Kier molecular flexibility index (Phi) is 2.74. The Morgan fingerprint density at radius 3 is 3.14 bits per heavy atom. The SMILES string of the molecule is CN1N=CC2CC(C(O)CN)CCC21. The van der Waals surface area contributed by atoms with Crippen molar-refractivity contribution in [3.05, 3.63) is 0 Å². The van der Waals surface area contributed by atoms with E-state index in [2.05, 4.69) is 10.1 Å². The van der Waals surface area contributed by atoms with Gasteiger partial charge in [-0.1, -0.05) is 0 Å². The molecule has 0 aromatic carbocycles. The molecule has 1 heterocycles. The molecule has 80 valence electrons. The number of hydrazone groups is 1. The second-order valence-electron chi connectivity index (χ2n) is 4.45. The Morgan fingerprint density at radius 1 is 1.64 bits per heavy atom. The molecule has 0 radical (unpaired) electrons. The third-order valence-electron chi connectivity index (χ3n) is 3.61. The normalized spacial score (nSPS) is 38.5. The van der Waals surface area contributed by atoms with E-state index in [0.717, 1.165) is 19.3 Å². The number of hydrogen-bond acceptors (Lipinski definition) is 4. The van der Waals surface area contributed by atoms with E-state index in [9.17, 15) is 5.11 Å². The van der Waals surface area contributed by atoms with E-state index in [-0.39, 0.29) is 6.10 Å². The van der Waals surface area contributed by atoms with Crippen LogP contribution in [0.15, 0.2) is 5.10 Å². The predicted octanol–water partition coefficient (Wildman–Crippen LogP) is 0.0221. The number of rotatable bonds is 2. The van der Waals surface area contributed by atoms with Crippen molar-refractivity contribution < 1.29 is 5.11 Å². The van der Waals surface area contributed by atoms with Gasteiger partial charge in [0.1, 0.15) is 0 Å². The number of hydrogen-bond donors (Lipinski definition) is 2.